The van der Waals surface area contributed by atoms with E-state index in [1.165, 1.54) is 5.56 Å². The van der Waals surface area contributed by atoms with Gasteiger partial charge in [-0.2, -0.15) is 0 Å². The average molecular weight is 354 g/mol. The zero-order valence-corrected chi connectivity index (χ0v) is 14.6. The van der Waals surface area contributed by atoms with Gasteiger partial charge in [-0.3, -0.25) is 14.4 Å². The molecular formula is C20H22N2O4. The molecule has 0 saturated carbocycles. The molecule has 0 unspecified atom stereocenters. The topological polar surface area (TPSA) is 95.5 Å². The van der Waals surface area contributed by atoms with Gasteiger partial charge in [0.25, 0.3) is 0 Å². The molecule has 0 aliphatic heterocycles. The minimum atomic E-state index is -1.08. The lowest BCUT2D eigenvalue weighted by atomic mass is 10.1. The molecule has 2 aromatic rings. The van der Waals surface area contributed by atoms with Gasteiger partial charge < -0.3 is 15.7 Å². The van der Waals surface area contributed by atoms with Crippen LogP contribution in [0.5, 0.6) is 0 Å². The van der Waals surface area contributed by atoms with Gasteiger partial charge in [0.2, 0.25) is 11.8 Å². The number of carbonyl (C=O) groups excluding carboxylic acids is 2. The third-order valence-electron chi connectivity index (χ3n) is 3.84. The summed E-state index contributed by atoms with van der Waals surface area (Å²) in [5, 5.41) is 13.7. The van der Waals surface area contributed by atoms with Gasteiger partial charge in [0, 0.05) is 5.69 Å². The zero-order chi connectivity index (χ0) is 18.9. The van der Waals surface area contributed by atoms with Gasteiger partial charge in [-0.15, -0.1) is 0 Å². The van der Waals surface area contributed by atoms with Crippen LogP contribution in [0, 0.1) is 0 Å². The Morgan fingerprint density at radius 3 is 1.85 bits per heavy atom. The van der Waals surface area contributed by atoms with Crippen LogP contribution in [0.2, 0.25) is 0 Å². The second-order valence-corrected chi connectivity index (χ2v) is 5.94. The lowest BCUT2D eigenvalue weighted by molar-refractivity contribution is -0.137. The molecule has 0 aliphatic carbocycles. The summed E-state index contributed by atoms with van der Waals surface area (Å²) in [6, 6.07) is 14.8. The summed E-state index contributed by atoms with van der Waals surface area (Å²) >= 11 is 0. The van der Waals surface area contributed by atoms with Gasteiger partial charge in [0.1, 0.15) is 6.54 Å². The first-order valence-electron chi connectivity index (χ1n) is 8.41. The number of benzene rings is 2. The van der Waals surface area contributed by atoms with Gasteiger partial charge in [-0.1, -0.05) is 43.3 Å². The smallest absolute Gasteiger partial charge is 0.322 e. The number of aliphatic carboxylic acids is 1. The second kappa shape index (κ2) is 9.36. The number of aryl methyl sites for hydroxylation is 1. The summed E-state index contributed by atoms with van der Waals surface area (Å²) < 4.78 is 0. The van der Waals surface area contributed by atoms with Crippen LogP contribution >= 0.6 is 0 Å². The van der Waals surface area contributed by atoms with Crippen LogP contribution in [0.25, 0.3) is 0 Å². The van der Waals surface area contributed by atoms with Gasteiger partial charge in [-0.25, -0.2) is 0 Å². The van der Waals surface area contributed by atoms with Crippen molar-refractivity contribution >= 4 is 23.5 Å². The van der Waals surface area contributed by atoms with Crippen molar-refractivity contribution < 1.29 is 19.5 Å². The average Bonchev–Trinajstić information content (AvgIpc) is 2.62. The maximum atomic E-state index is 12.1. The fourth-order valence-corrected chi connectivity index (χ4v) is 2.41. The Balaban J connectivity index is 1.84. The number of hydrogen-bond acceptors (Lipinski definition) is 3. The van der Waals surface area contributed by atoms with Crippen LogP contribution in [-0.2, 0) is 33.6 Å². The highest BCUT2D eigenvalue weighted by Crippen LogP contribution is 2.12. The number of anilines is 1. The molecule has 3 N–H and O–H groups in total. The summed E-state index contributed by atoms with van der Waals surface area (Å²) in [5.41, 5.74) is 3.57. The van der Waals surface area contributed by atoms with Crippen LogP contribution in [0.3, 0.4) is 0 Å². The number of rotatable bonds is 8. The third-order valence-corrected chi connectivity index (χ3v) is 3.84. The predicted octanol–water partition coefficient (Wildman–Crippen LogP) is 2.17. The Labute approximate surface area is 152 Å². The quantitative estimate of drug-likeness (QED) is 0.677. The van der Waals surface area contributed by atoms with Crippen molar-refractivity contribution in [2.24, 2.45) is 0 Å². The van der Waals surface area contributed by atoms with E-state index in [2.05, 4.69) is 17.6 Å². The second-order valence-electron chi connectivity index (χ2n) is 5.94. The molecule has 0 atom stereocenters. The molecule has 26 heavy (non-hydrogen) atoms. The monoisotopic (exact) mass is 354 g/mol. The lowest BCUT2D eigenvalue weighted by Gasteiger charge is -2.07. The van der Waals surface area contributed by atoms with Crippen LogP contribution in [0.1, 0.15) is 23.6 Å². The van der Waals surface area contributed by atoms with Crippen LogP contribution in [-0.4, -0.2) is 29.4 Å². The molecule has 0 spiro atoms. The minimum absolute atomic E-state index is 0.0886. The van der Waals surface area contributed by atoms with Crippen molar-refractivity contribution in [3.8, 4) is 0 Å². The summed E-state index contributed by atoms with van der Waals surface area (Å²) in [6.45, 7) is 1.69. The third kappa shape index (κ3) is 6.39. The van der Waals surface area contributed by atoms with Crippen LogP contribution in [0.15, 0.2) is 48.5 Å². The summed E-state index contributed by atoms with van der Waals surface area (Å²) in [6.07, 6.45) is 1.35. The molecule has 0 bridgehead atoms. The van der Waals surface area contributed by atoms with Gasteiger partial charge >= 0.3 is 5.97 Å². The number of carboxylic acids is 1. The largest absolute Gasteiger partial charge is 0.480 e. The zero-order valence-electron chi connectivity index (χ0n) is 14.6. The molecule has 0 saturated heterocycles. The van der Waals surface area contributed by atoms with Crippen molar-refractivity contribution in [3.63, 3.8) is 0 Å². The Hall–Kier alpha value is -3.15. The number of amides is 2. The highest BCUT2D eigenvalue weighted by Gasteiger charge is 2.07. The highest BCUT2D eigenvalue weighted by molar-refractivity contribution is 5.92. The first-order valence-corrected chi connectivity index (χ1v) is 8.41. The van der Waals surface area contributed by atoms with E-state index in [9.17, 15) is 14.4 Å². The fourth-order valence-electron chi connectivity index (χ4n) is 2.41. The van der Waals surface area contributed by atoms with Crippen molar-refractivity contribution in [3.05, 3.63) is 65.2 Å². The molecule has 2 aromatic carbocycles. The molecule has 2 amide bonds. The Bertz CT molecular complexity index is 767. The maximum Gasteiger partial charge on any atom is 0.322 e. The molecule has 136 valence electrons. The molecule has 0 heterocycles. The number of carboxylic acid groups (broad SMARTS) is 1. The van der Waals surface area contributed by atoms with Crippen LogP contribution in [0.4, 0.5) is 5.69 Å². The van der Waals surface area contributed by atoms with Crippen molar-refractivity contribution in [1.82, 2.24) is 5.32 Å². The van der Waals surface area contributed by atoms with E-state index < -0.39 is 12.5 Å². The molecule has 2 rings (SSSR count). The van der Waals surface area contributed by atoms with Crippen molar-refractivity contribution in [2.75, 3.05) is 11.9 Å². The lowest BCUT2D eigenvalue weighted by Crippen LogP contribution is -2.30. The molecular weight excluding hydrogens is 332 g/mol. The first kappa shape index (κ1) is 19.2. The summed E-state index contributed by atoms with van der Waals surface area (Å²) in [5.74, 6) is -1.55. The summed E-state index contributed by atoms with van der Waals surface area (Å²) in [4.78, 5) is 34.1. The van der Waals surface area contributed by atoms with Crippen LogP contribution < -0.4 is 10.6 Å². The van der Waals surface area contributed by atoms with Gasteiger partial charge in [0.15, 0.2) is 0 Å². The molecule has 0 fully saturated rings. The number of nitrogens with one attached hydrogen (secondary N) is 2. The Morgan fingerprint density at radius 2 is 1.31 bits per heavy atom. The van der Waals surface area contributed by atoms with Crippen molar-refractivity contribution in [1.29, 1.82) is 0 Å². The molecule has 0 aromatic heterocycles. The molecule has 0 aliphatic rings. The normalized spacial score (nSPS) is 10.2. The summed E-state index contributed by atoms with van der Waals surface area (Å²) in [7, 11) is 0. The van der Waals surface area contributed by atoms with Gasteiger partial charge in [-0.05, 0) is 35.2 Å². The first-order chi connectivity index (χ1) is 12.5. The van der Waals surface area contributed by atoms with Gasteiger partial charge in [0.05, 0.1) is 12.8 Å². The molecule has 6 nitrogen and oxygen atoms in total. The number of carbonyl (C=O) groups is 3. The van der Waals surface area contributed by atoms with E-state index in [-0.39, 0.29) is 18.2 Å². The van der Waals surface area contributed by atoms with E-state index in [0.717, 1.165) is 17.5 Å². The van der Waals surface area contributed by atoms with E-state index in [4.69, 9.17) is 5.11 Å². The molecule has 0 radical (unpaired) electrons. The highest BCUT2D eigenvalue weighted by atomic mass is 16.4. The Kier molecular flexibility index (Phi) is 6.91. The standard InChI is InChI=1S/C20H22N2O4/c1-2-14-3-5-15(6-4-14)12-19(24)22-17-9-7-16(8-10-17)11-18(23)21-13-20(25)26/h3-10H,2,11-13H2,1H3,(H,21,23)(H,22,24)(H,25,26). The SMILES string of the molecule is CCc1ccc(CC(=O)Nc2ccc(CC(=O)NCC(=O)O)cc2)cc1. The Morgan fingerprint density at radius 1 is 0.808 bits per heavy atom. The number of hydrogen-bond donors (Lipinski definition) is 3. The predicted molar refractivity (Wildman–Crippen MR) is 98.9 cm³/mol. The fraction of sp³-hybridized carbons (Fsp3) is 0.250. The van der Waals surface area contributed by atoms with E-state index in [1.54, 1.807) is 24.3 Å². The minimum Gasteiger partial charge on any atom is -0.480 e. The van der Waals surface area contributed by atoms with Crippen molar-refractivity contribution in [2.45, 2.75) is 26.2 Å². The molecule has 6 heteroatoms. The van der Waals surface area contributed by atoms with E-state index in [0.29, 0.717) is 12.1 Å². The van der Waals surface area contributed by atoms with E-state index in [1.807, 2.05) is 24.3 Å². The van der Waals surface area contributed by atoms with E-state index >= 15 is 0 Å². The maximum absolute atomic E-state index is 12.1.